The van der Waals surface area contributed by atoms with Crippen LogP contribution in [-0.4, -0.2) is 30.2 Å². The minimum Gasteiger partial charge on any atom is -0.295 e. The van der Waals surface area contributed by atoms with Gasteiger partial charge in [0.1, 0.15) is 0 Å². The Morgan fingerprint density at radius 1 is 1.07 bits per heavy atom. The zero-order valence-corrected chi connectivity index (χ0v) is 15.0. The summed E-state index contributed by atoms with van der Waals surface area (Å²) >= 11 is 0. The first-order chi connectivity index (χ1) is 12.8. The summed E-state index contributed by atoms with van der Waals surface area (Å²) in [7, 11) is -4.81. The van der Waals surface area contributed by atoms with Gasteiger partial charge in [-0.05, 0) is 31.2 Å². The summed E-state index contributed by atoms with van der Waals surface area (Å²) < 4.78 is 50.6. The molecule has 0 saturated carbocycles. The van der Waals surface area contributed by atoms with Crippen molar-refractivity contribution in [2.24, 2.45) is 4.99 Å². The lowest BCUT2D eigenvalue weighted by Crippen LogP contribution is -2.17. The molecule has 0 radical (unpaired) electrons. The Kier molecular flexibility index (Phi) is 5.04. The summed E-state index contributed by atoms with van der Waals surface area (Å²) in [6.07, 6.45) is 1.17. The number of benzene rings is 2. The summed E-state index contributed by atoms with van der Waals surface area (Å²) in [4.78, 5) is 16.0. The third-order valence-electron chi connectivity index (χ3n) is 3.87. The van der Waals surface area contributed by atoms with Crippen LogP contribution >= 0.6 is 0 Å². The van der Waals surface area contributed by atoms with Crippen molar-refractivity contribution < 1.29 is 17.2 Å². The van der Waals surface area contributed by atoms with Gasteiger partial charge in [0.2, 0.25) is 9.84 Å². The summed E-state index contributed by atoms with van der Waals surface area (Å²) in [6.45, 7) is 1.66. The Hall–Kier alpha value is -3.07. The van der Waals surface area contributed by atoms with Crippen LogP contribution in [0.3, 0.4) is 0 Å². The number of aryl methyl sites for hydroxylation is 1. The van der Waals surface area contributed by atoms with Gasteiger partial charge in [0, 0.05) is 11.9 Å². The molecule has 0 aliphatic heterocycles. The second-order valence-corrected chi connectivity index (χ2v) is 7.54. The zero-order chi connectivity index (χ0) is 19.6. The summed E-state index contributed by atoms with van der Waals surface area (Å²) in [6, 6.07) is 14.0. The minimum atomic E-state index is -4.81. The van der Waals surface area contributed by atoms with Gasteiger partial charge in [0.25, 0.3) is 5.56 Å². The van der Waals surface area contributed by atoms with Crippen LogP contribution in [0.2, 0.25) is 0 Å². The number of nitrogens with zero attached hydrogens (tertiary/aromatic N) is 2. The highest BCUT2D eigenvalue weighted by molar-refractivity contribution is 7.91. The lowest BCUT2D eigenvalue weighted by Gasteiger charge is -2.05. The molecule has 6 nitrogen and oxygen atoms in total. The van der Waals surface area contributed by atoms with Gasteiger partial charge in [0.05, 0.1) is 21.8 Å². The summed E-state index contributed by atoms with van der Waals surface area (Å²) in [5, 5.41) is 2.90. The number of rotatable bonds is 5. The monoisotopic (exact) mass is 391 g/mol. The lowest BCUT2D eigenvalue weighted by atomic mass is 10.2. The number of aromatic amines is 1. The molecule has 0 atom stereocenters. The van der Waals surface area contributed by atoms with E-state index in [1.807, 2.05) is 6.07 Å². The van der Waals surface area contributed by atoms with E-state index in [2.05, 4.69) is 10.1 Å². The minimum absolute atomic E-state index is 0.163. The normalized spacial score (nSPS) is 12.1. The van der Waals surface area contributed by atoms with Gasteiger partial charge in [-0.3, -0.25) is 14.9 Å². The van der Waals surface area contributed by atoms with Crippen LogP contribution in [0.25, 0.3) is 5.69 Å². The van der Waals surface area contributed by atoms with E-state index in [0.717, 1.165) is 6.07 Å². The van der Waals surface area contributed by atoms with Gasteiger partial charge >= 0.3 is 5.76 Å². The van der Waals surface area contributed by atoms with E-state index in [-0.39, 0.29) is 11.3 Å². The fraction of sp³-hybridized carbons (Fsp3) is 0.111. The molecular weight excluding hydrogens is 376 g/mol. The number of hydrogen-bond acceptors (Lipinski definition) is 4. The van der Waals surface area contributed by atoms with Crippen molar-refractivity contribution in [3.8, 4) is 5.69 Å². The molecule has 2 aromatic carbocycles. The smallest absolute Gasteiger partial charge is 0.295 e. The molecule has 0 unspecified atom stereocenters. The molecule has 0 aliphatic carbocycles. The van der Waals surface area contributed by atoms with Gasteiger partial charge < -0.3 is 0 Å². The molecule has 1 aromatic heterocycles. The van der Waals surface area contributed by atoms with Crippen molar-refractivity contribution >= 4 is 21.7 Å². The van der Waals surface area contributed by atoms with Gasteiger partial charge in [-0.1, -0.05) is 30.3 Å². The predicted octanol–water partition coefficient (Wildman–Crippen LogP) is 3.22. The van der Waals surface area contributed by atoms with Crippen LogP contribution in [-0.2, 0) is 9.84 Å². The molecule has 27 heavy (non-hydrogen) atoms. The topological polar surface area (TPSA) is 84.3 Å². The van der Waals surface area contributed by atoms with Crippen LogP contribution in [0.4, 0.5) is 14.5 Å². The highest BCUT2D eigenvalue weighted by atomic mass is 32.2. The quantitative estimate of drug-likeness (QED) is 0.678. The maximum Gasteiger partial charge on any atom is 0.341 e. The predicted molar refractivity (Wildman–Crippen MR) is 98.0 cm³/mol. The lowest BCUT2D eigenvalue weighted by molar-refractivity contribution is 0.235. The van der Waals surface area contributed by atoms with Crippen LogP contribution < -0.4 is 5.56 Å². The zero-order valence-electron chi connectivity index (χ0n) is 14.1. The highest BCUT2D eigenvalue weighted by Gasteiger charge is 2.28. The third-order valence-corrected chi connectivity index (χ3v) is 5.30. The first-order valence-corrected chi connectivity index (χ1v) is 9.39. The number of sulfone groups is 1. The highest BCUT2D eigenvalue weighted by Crippen LogP contribution is 2.28. The number of nitrogens with one attached hydrogen (secondary N) is 1. The maximum absolute atomic E-state index is 12.9. The number of aliphatic imine (C=N–C) groups is 1. The maximum atomic E-state index is 12.9. The molecular formula is C18H15F2N3O3S. The van der Waals surface area contributed by atoms with Crippen LogP contribution in [0.1, 0.15) is 11.3 Å². The fourth-order valence-electron chi connectivity index (χ4n) is 2.50. The molecule has 3 rings (SSSR count). The van der Waals surface area contributed by atoms with Crippen molar-refractivity contribution in [2.75, 3.05) is 0 Å². The Labute approximate surface area is 153 Å². The van der Waals surface area contributed by atoms with Crippen LogP contribution in [0, 0.1) is 6.92 Å². The summed E-state index contributed by atoms with van der Waals surface area (Å²) in [5.41, 5.74) is 0.761. The Morgan fingerprint density at radius 2 is 1.70 bits per heavy atom. The van der Waals surface area contributed by atoms with Crippen LogP contribution in [0.5, 0.6) is 0 Å². The largest absolute Gasteiger partial charge is 0.341 e. The van der Waals surface area contributed by atoms with Crippen molar-refractivity contribution in [1.82, 2.24) is 9.78 Å². The number of para-hydroxylation sites is 2. The Bertz CT molecular complexity index is 1150. The first kappa shape index (κ1) is 18.7. The molecule has 0 fully saturated rings. The SMILES string of the molecule is Cc1[nH]n(-c2ccccc2)c(=O)c1C=Nc1ccccc1S(=O)(=O)C(F)F. The second kappa shape index (κ2) is 7.28. The molecule has 0 bridgehead atoms. The Balaban J connectivity index is 2.05. The van der Waals surface area contributed by atoms with Gasteiger partial charge in [0.15, 0.2) is 0 Å². The standard InChI is InChI=1S/C18H15F2N3O3S/c1-12-14(17(24)23(22-12)13-7-3-2-4-8-13)11-21-15-9-5-6-10-16(15)27(25,26)18(19)20/h2-11,18,22H,1H3. The molecule has 3 aromatic rings. The van der Waals surface area contributed by atoms with E-state index in [1.165, 1.54) is 29.1 Å². The van der Waals surface area contributed by atoms with Gasteiger partial charge in [-0.25, -0.2) is 13.1 Å². The molecule has 140 valence electrons. The van der Waals surface area contributed by atoms with Crippen molar-refractivity contribution in [3.05, 3.63) is 76.2 Å². The number of aromatic nitrogens is 2. The van der Waals surface area contributed by atoms with E-state index in [1.54, 1.807) is 31.2 Å². The van der Waals surface area contributed by atoms with Crippen molar-refractivity contribution in [3.63, 3.8) is 0 Å². The van der Waals surface area contributed by atoms with E-state index in [9.17, 15) is 22.0 Å². The second-order valence-electron chi connectivity index (χ2n) is 5.66. The fourth-order valence-corrected chi connectivity index (χ4v) is 3.38. The number of halogens is 2. The first-order valence-electron chi connectivity index (χ1n) is 7.84. The molecule has 1 heterocycles. The van der Waals surface area contributed by atoms with Crippen molar-refractivity contribution in [1.29, 1.82) is 0 Å². The van der Waals surface area contributed by atoms with E-state index in [0.29, 0.717) is 11.4 Å². The molecule has 0 saturated heterocycles. The van der Waals surface area contributed by atoms with E-state index < -0.39 is 26.0 Å². The Morgan fingerprint density at radius 3 is 2.37 bits per heavy atom. The molecule has 0 spiro atoms. The number of alkyl halides is 2. The number of hydrogen-bond donors (Lipinski definition) is 1. The molecule has 9 heteroatoms. The third kappa shape index (κ3) is 3.59. The van der Waals surface area contributed by atoms with Crippen molar-refractivity contribution in [2.45, 2.75) is 17.6 Å². The molecule has 0 amide bonds. The van der Waals surface area contributed by atoms with Crippen LogP contribution in [0.15, 0.2) is 69.3 Å². The molecule has 1 N–H and O–H groups in total. The van der Waals surface area contributed by atoms with Gasteiger partial charge in [-0.15, -0.1) is 0 Å². The van der Waals surface area contributed by atoms with E-state index in [4.69, 9.17) is 0 Å². The summed E-state index contributed by atoms with van der Waals surface area (Å²) in [5.74, 6) is -3.56. The van der Waals surface area contributed by atoms with Gasteiger partial charge in [-0.2, -0.15) is 8.78 Å². The average Bonchev–Trinajstić information content (AvgIpc) is 2.94. The number of H-pyrrole nitrogens is 1. The average molecular weight is 391 g/mol. The van der Waals surface area contributed by atoms with E-state index >= 15 is 0 Å². The molecule has 0 aliphatic rings.